The average molecular weight is 337 g/mol. The fourth-order valence-electron chi connectivity index (χ4n) is 2.57. The highest BCUT2D eigenvalue weighted by Crippen LogP contribution is 2.21. The highest BCUT2D eigenvalue weighted by atomic mass is 32.1. The molecular weight excluding hydrogens is 318 g/mol. The van der Waals surface area contributed by atoms with E-state index >= 15 is 0 Å². The third kappa shape index (κ3) is 3.68. The molecule has 0 aliphatic rings. The van der Waals surface area contributed by atoms with Crippen molar-refractivity contribution in [3.8, 4) is 0 Å². The third-order valence-corrected chi connectivity index (χ3v) is 4.62. The standard InChI is InChI=1S/C19H19N3OS/c1-2-17-18(24-21-20-17)19(23)22(16-11-7-4-8-12-16)14-13-15-9-5-3-6-10-15/h3-12H,2,13-14H2,1H3. The van der Waals surface area contributed by atoms with Crippen molar-refractivity contribution in [1.82, 2.24) is 9.59 Å². The quantitative estimate of drug-likeness (QED) is 0.683. The molecule has 0 unspecified atom stereocenters. The number of nitrogens with zero attached hydrogens (tertiary/aromatic N) is 3. The Hall–Kier alpha value is -2.53. The minimum atomic E-state index is -0.0241. The Kier molecular flexibility index (Phi) is 5.33. The summed E-state index contributed by atoms with van der Waals surface area (Å²) in [4.78, 5) is 15.5. The zero-order valence-electron chi connectivity index (χ0n) is 13.6. The molecule has 0 saturated heterocycles. The maximum absolute atomic E-state index is 13.1. The number of hydrogen-bond acceptors (Lipinski definition) is 4. The lowest BCUT2D eigenvalue weighted by Crippen LogP contribution is -2.33. The summed E-state index contributed by atoms with van der Waals surface area (Å²) in [5.41, 5.74) is 2.88. The van der Waals surface area contributed by atoms with Gasteiger partial charge in [0.15, 0.2) is 0 Å². The molecule has 0 spiro atoms. The van der Waals surface area contributed by atoms with Crippen molar-refractivity contribution in [2.45, 2.75) is 19.8 Å². The number of anilines is 1. The van der Waals surface area contributed by atoms with Gasteiger partial charge in [-0.3, -0.25) is 4.79 Å². The minimum absolute atomic E-state index is 0.0241. The van der Waals surface area contributed by atoms with Gasteiger partial charge in [-0.1, -0.05) is 59.9 Å². The van der Waals surface area contributed by atoms with Crippen LogP contribution in [0.5, 0.6) is 0 Å². The molecule has 0 saturated carbocycles. The van der Waals surface area contributed by atoms with Gasteiger partial charge in [0.1, 0.15) is 4.88 Å². The molecule has 4 nitrogen and oxygen atoms in total. The van der Waals surface area contributed by atoms with Crippen LogP contribution in [-0.4, -0.2) is 22.0 Å². The van der Waals surface area contributed by atoms with Crippen LogP contribution < -0.4 is 4.90 Å². The van der Waals surface area contributed by atoms with Gasteiger partial charge in [-0.15, -0.1) is 5.10 Å². The maximum Gasteiger partial charge on any atom is 0.271 e. The SMILES string of the molecule is CCc1nnsc1C(=O)N(CCc1ccccc1)c1ccccc1. The number of amides is 1. The third-order valence-electron chi connectivity index (χ3n) is 3.86. The normalized spacial score (nSPS) is 10.5. The molecule has 3 aromatic rings. The van der Waals surface area contributed by atoms with E-state index in [0.29, 0.717) is 17.8 Å². The molecule has 0 atom stereocenters. The second-order valence-electron chi connectivity index (χ2n) is 5.43. The fraction of sp³-hybridized carbons (Fsp3) is 0.211. The van der Waals surface area contributed by atoms with E-state index in [-0.39, 0.29) is 5.91 Å². The Balaban J connectivity index is 1.86. The summed E-state index contributed by atoms with van der Waals surface area (Å²) >= 11 is 1.17. The summed E-state index contributed by atoms with van der Waals surface area (Å²) in [7, 11) is 0. The molecule has 24 heavy (non-hydrogen) atoms. The Morgan fingerprint density at radius 1 is 1.04 bits per heavy atom. The summed E-state index contributed by atoms with van der Waals surface area (Å²) < 4.78 is 3.95. The van der Waals surface area contributed by atoms with Gasteiger partial charge in [0.25, 0.3) is 5.91 Å². The predicted molar refractivity (Wildman–Crippen MR) is 97.6 cm³/mol. The first kappa shape index (κ1) is 16.3. The Bertz CT molecular complexity index is 787. The van der Waals surface area contributed by atoms with E-state index in [4.69, 9.17) is 0 Å². The van der Waals surface area contributed by atoms with Gasteiger partial charge in [-0.25, -0.2) is 0 Å². The summed E-state index contributed by atoms with van der Waals surface area (Å²) in [6, 6.07) is 20.0. The highest BCUT2D eigenvalue weighted by molar-refractivity contribution is 7.08. The van der Waals surface area contributed by atoms with Crippen molar-refractivity contribution in [2.75, 3.05) is 11.4 Å². The fourth-order valence-corrected chi connectivity index (χ4v) is 3.27. The molecule has 0 aliphatic heterocycles. The van der Waals surface area contributed by atoms with E-state index in [2.05, 4.69) is 21.7 Å². The Morgan fingerprint density at radius 2 is 1.71 bits per heavy atom. The molecule has 1 aromatic heterocycles. The van der Waals surface area contributed by atoms with Crippen LogP contribution >= 0.6 is 11.5 Å². The van der Waals surface area contributed by atoms with E-state index in [1.807, 2.05) is 60.4 Å². The van der Waals surface area contributed by atoms with E-state index < -0.39 is 0 Å². The first-order valence-corrected chi connectivity index (χ1v) is 8.79. The second kappa shape index (κ2) is 7.84. The van der Waals surface area contributed by atoms with Crippen molar-refractivity contribution in [3.05, 3.63) is 76.8 Å². The van der Waals surface area contributed by atoms with Crippen LogP contribution in [0, 0.1) is 0 Å². The maximum atomic E-state index is 13.1. The molecule has 1 amide bonds. The van der Waals surface area contributed by atoms with Gasteiger partial charge in [0.2, 0.25) is 0 Å². The van der Waals surface area contributed by atoms with Crippen LogP contribution in [0.15, 0.2) is 60.7 Å². The van der Waals surface area contributed by atoms with E-state index in [0.717, 1.165) is 17.8 Å². The summed E-state index contributed by atoms with van der Waals surface area (Å²) in [5.74, 6) is -0.0241. The van der Waals surface area contributed by atoms with Gasteiger partial charge < -0.3 is 4.90 Å². The average Bonchev–Trinajstić information content (AvgIpc) is 3.12. The molecule has 0 bridgehead atoms. The van der Waals surface area contributed by atoms with E-state index in [1.54, 1.807) is 0 Å². The van der Waals surface area contributed by atoms with Crippen LogP contribution in [0.4, 0.5) is 5.69 Å². The van der Waals surface area contributed by atoms with Crippen LogP contribution in [-0.2, 0) is 12.8 Å². The molecule has 3 rings (SSSR count). The smallest absolute Gasteiger partial charge is 0.271 e. The van der Waals surface area contributed by atoms with E-state index in [9.17, 15) is 4.79 Å². The molecule has 0 fully saturated rings. The lowest BCUT2D eigenvalue weighted by molar-refractivity contribution is 0.0990. The summed E-state index contributed by atoms with van der Waals surface area (Å²) in [6.07, 6.45) is 1.51. The van der Waals surface area contributed by atoms with Crippen LogP contribution in [0.1, 0.15) is 27.9 Å². The number of hydrogen-bond donors (Lipinski definition) is 0. The Labute approximate surface area is 145 Å². The molecular formula is C19H19N3OS. The topological polar surface area (TPSA) is 46.1 Å². The number of carbonyl (C=O) groups excluding carboxylic acids is 1. The first-order chi connectivity index (χ1) is 11.8. The summed E-state index contributed by atoms with van der Waals surface area (Å²) in [5, 5.41) is 4.07. The number of para-hydroxylation sites is 1. The van der Waals surface area contributed by atoms with Gasteiger partial charge in [0, 0.05) is 12.2 Å². The van der Waals surface area contributed by atoms with Gasteiger partial charge >= 0.3 is 0 Å². The van der Waals surface area contributed by atoms with E-state index in [1.165, 1.54) is 17.1 Å². The number of rotatable bonds is 6. The lowest BCUT2D eigenvalue weighted by atomic mass is 10.1. The van der Waals surface area contributed by atoms with Gasteiger partial charge in [0.05, 0.1) is 5.69 Å². The van der Waals surface area contributed by atoms with Crippen molar-refractivity contribution in [3.63, 3.8) is 0 Å². The summed E-state index contributed by atoms with van der Waals surface area (Å²) in [6.45, 7) is 2.61. The molecule has 1 heterocycles. The lowest BCUT2D eigenvalue weighted by Gasteiger charge is -2.22. The zero-order chi connectivity index (χ0) is 16.8. The minimum Gasteiger partial charge on any atom is -0.307 e. The van der Waals surface area contributed by atoms with Crippen LogP contribution in [0.25, 0.3) is 0 Å². The van der Waals surface area contributed by atoms with Crippen molar-refractivity contribution in [2.24, 2.45) is 0 Å². The Morgan fingerprint density at radius 3 is 2.38 bits per heavy atom. The van der Waals surface area contributed by atoms with Gasteiger partial charge in [-0.05, 0) is 42.1 Å². The number of benzene rings is 2. The molecule has 2 aromatic carbocycles. The molecule has 0 aliphatic carbocycles. The molecule has 5 heteroatoms. The van der Waals surface area contributed by atoms with Crippen LogP contribution in [0.3, 0.4) is 0 Å². The first-order valence-electron chi connectivity index (χ1n) is 8.01. The molecule has 0 N–H and O–H groups in total. The monoisotopic (exact) mass is 337 g/mol. The zero-order valence-corrected chi connectivity index (χ0v) is 14.4. The number of carbonyl (C=O) groups is 1. The second-order valence-corrected chi connectivity index (χ2v) is 6.18. The van der Waals surface area contributed by atoms with Gasteiger partial charge in [-0.2, -0.15) is 0 Å². The molecule has 122 valence electrons. The molecule has 0 radical (unpaired) electrons. The van der Waals surface area contributed by atoms with Crippen molar-refractivity contribution < 1.29 is 4.79 Å². The van der Waals surface area contributed by atoms with Crippen molar-refractivity contribution >= 4 is 23.1 Å². The largest absolute Gasteiger partial charge is 0.307 e. The number of aryl methyl sites for hydroxylation is 1. The highest BCUT2D eigenvalue weighted by Gasteiger charge is 2.22. The van der Waals surface area contributed by atoms with Crippen molar-refractivity contribution in [1.29, 1.82) is 0 Å². The number of aromatic nitrogens is 2. The van der Waals surface area contributed by atoms with Crippen LogP contribution in [0.2, 0.25) is 0 Å². The predicted octanol–water partition coefficient (Wildman–Crippen LogP) is 3.99.